The highest BCUT2D eigenvalue weighted by Crippen LogP contribution is 2.36. The zero-order chi connectivity index (χ0) is 28.0. The van der Waals surface area contributed by atoms with Crippen LogP contribution < -0.4 is 4.90 Å². The zero-order valence-electron chi connectivity index (χ0n) is 23.7. The van der Waals surface area contributed by atoms with Gasteiger partial charge in [0.1, 0.15) is 17.7 Å². The molecule has 0 fully saturated rings. The van der Waals surface area contributed by atoms with Crippen LogP contribution in [0.15, 0.2) is 113 Å². The van der Waals surface area contributed by atoms with Crippen molar-refractivity contribution in [3.8, 4) is 12.1 Å². The molecule has 0 atom stereocenters. The number of nitriles is 2. The lowest BCUT2D eigenvalue weighted by atomic mass is 9.90. The summed E-state index contributed by atoms with van der Waals surface area (Å²) in [5.74, 6) is 0. The van der Waals surface area contributed by atoms with Crippen LogP contribution in [-0.4, -0.2) is 13.1 Å². The van der Waals surface area contributed by atoms with E-state index in [1.165, 1.54) is 72.3 Å². The van der Waals surface area contributed by atoms with Crippen LogP contribution in [0.4, 0.5) is 5.69 Å². The van der Waals surface area contributed by atoms with Crippen LogP contribution in [-0.2, 0) is 12.8 Å². The van der Waals surface area contributed by atoms with E-state index in [0.717, 1.165) is 11.1 Å². The van der Waals surface area contributed by atoms with Gasteiger partial charge in [-0.15, -0.1) is 0 Å². The van der Waals surface area contributed by atoms with Gasteiger partial charge >= 0.3 is 0 Å². The highest BCUT2D eigenvalue weighted by Gasteiger charge is 2.23. The van der Waals surface area contributed by atoms with E-state index in [9.17, 15) is 0 Å². The van der Waals surface area contributed by atoms with Crippen molar-refractivity contribution >= 4 is 11.8 Å². The van der Waals surface area contributed by atoms with E-state index in [2.05, 4.69) is 67.3 Å². The van der Waals surface area contributed by atoms with Gasteiger partial charge in [0.05, 0.1) is 0 Å². The highest BCUT2D eigenvalue weighted by molar-refractivity contribution is 5.68. The number of aryl methyl sites for hydroxylation is 2. The Bertz CT molecular complexity index is 1350. The van der Waals surface area contributed by atoms with Gasteiger partial charge in [-0.3, -0.25) is 0 Å². The maximum Gasteiger partial charge on any atom is 0.129 e. The normalized spacial score (nSPS) is 16.7. The summed E-state index contributed by atoms with van der Waals surface area (Å²) in [6.07, 6.45) is 31.3. The average Bonchev–Trinajstić information content (AvgIpc) is 2.93. The maximum atomic E-state index is 8.82. The summed E-state index contributed by atoms with van der Waals surface area (Å²) in [4.78, 5) is 2.59. The third-order valence-electron chi connectivity index (χ3n) is 6.77. The van der Waals surface area contributed by atoms with E-state index in [1.54, 1.807) is 6.08 Å². The number of nitrogens with zero attached hydrogens (tertiary/aromatic N) is 3. The Morgan fingerprint density at radius 3 is 1.72 bits per heavy atom. The van der Waals surface area contributed by atoms with Crippen LogP contribution in [0.1, 0.15) is 57.2 Å². The largest absolute Gasteiger partial charge is 0.371 e. The molecule has 0 amide bonds. The number of hydrogen-bond acceptors (Lipinski definition) is 3. The lowest BCUT2D eigenvalue weighted by Crippen LogP contribution is -2.34. The molecule has 39 heavy (non-hydrogen) atoms. The molecule has 0 radical (unpaired) electrons. The van der Waals surface area contributed by atoms with Crippen molar-refractivity contribution < 1.29 is 0 Å². The first-order valence-electron chi connectivity index (χ1n) is 13.7. The van der Waals surface area contributed by atoms with Gasteiger partial charge in [0.2, 0.25) is 0 Å². The van der Waals surface area contributed by atoms with Gasteiger partial charge in [-0.2, -0.15) is 10.5 Å². The van der Waals surface area contributed by atoms with Gasteiger partial charge in [-0.25, -0.2) is 0 Å². The molecule has 198 valence electrons. The first-order valence-corrected chi connectivity index (χ1v) is 13.7. The van der Waals surface area contributed by atoms with E-state index < -0.39 is 0 Å². The molecule has 0 N–H and O–H groups in total. The molecular formula is C36H39N3. The molecule has 0 unspecified atom stereocenters. The lowest BCUT2D eigenvalue weighted by molar-refractivity contribution is 0.634. The molecule has 2 aliphatic heterocycles. The molecule has 0 saturated carbocycles. The van der Waals surface area contributed by atoms with Crippen molar-refractivity contribution in [1.82, 2.24) is 0 Å². The van der Waals surface area contributed by atoms with E-state index in [1.807, 2.05) is 62.4 Å². The van der Waals surface area contributed by atoms with Crippen molar-refractivity contribution in [3.05, 3.63) is 130 Å². The van der Waals surface area contributed by atoms with Crippen LogP contribution in [0.2, 0.25) is 0 Å². The van der Waals surface area contributed by atoms with Gasteiger partial charge in [0.15, 0.2) is 0 Å². The highest BCUT2D eigenvalue weighted by atomic mass is 15.1. The summed E-state index contributed by atoms with van der Waals surface area (Å²) in [5.41, 5.74) is 10.4. The van der Waals surface area contributed by atoms with Gasteiger partial charge in [-0.1, -0.05) is 89.6 Å². The predicted molar refractivity (Wildman–Crippen MR) is 166 cm³/mol. The number of anilines is 1. The van der Waals surface area contributed by atoms with E-state index in [0.29, 0.717) is 0 Å². The molecule has 0 saturated heterocycles. The van der Waals surface area contributed by atoms with E-state index in [4.69, 9.17) is 10.5 Å². The van der Waals surface area contributed by atoms with Gasteiger partial charge in [-0.05, 0) is 93.9 Å². The van der Waals surface area contributed by atoms with Crippen LogP contribution in [0.3, 0.4) is 0 Å². The number of rotatable bonds is 9. The fraction of sp³-hybridized carbons (Fsp3) is 0.278. The third-order valence-corrected chi connectivity index (χ3v) is 6.77. The Kier molecular flexibility index (Phi) is 11.4. The second-order valence-electron chi connectivity index (χ2n) is 10.2. The molecule has 2 aliphatic rings. The zero-order valence-corrected chi connectivity index (χ0v) is 23.7. The molecule has 2 heterocycles. The number of allylic oxidation sites excluding steroid dienone is 17. The summed E-state index contributed by atoms with van der Waals surface area (Å²) in [7, 11) is 0. The van der Waals surface area contributed by atoms with Gasteiger partial charge in [0.25, 0.3) is 0 Å². The van der Waals surface area contributed by atoms with Crippen LogP contribution in [0, 0.1) is 22.7 Å². The minimum atomic E-state index is 0.108. The smallest absolute Gasteiger partial charge is 0.129 e. The predicted octanol–water partition coefficient (Wildman–Crippen LogP) is 8.83. The Morgan fingerprint density at radius 2 is 1.18 bits per heavy atom. The Morgan fingerprint density at radius 1 is 0.692 bits per heavy atom. The standard InChI is InChI=1S/C36H39N3/c1-28(11-5-6-12-29(2)14-8-16-31(4)23-33(26-37)27-38)13-7-15-30(3)19-20-32-24-34-17-9-21-39-22-10-18-35(25-32)36(34)39/h5-8,11-16,19-20,23-25H,9-10,17-18,21-22H2,1-4H3/b6-5+,13-7+,14-8+,20-19+,28-11+,29-12+,30-15+,31-16+. The SMILES string of the molecule is C\C(C=C(C#N)C#N)=C/C=C/C(C)=C/C=C/C=C(C)/C=C/C=C(C)/C=C/c1cc2c3c(c1)CCCN3CCC2. The maximum absolute atomic E-state index is 8.82. The molecule has 1 aromatic carbocycles. The molecule has 1 aromatic rings. The molecular weight excluding hydrogens is 474 g/mol. The third kappa shape index (κ3) is 9.48. The van der Waals surface area contributed by atoms with Crippen molar-refractivity contribution in [1.29, 1.82) is 10.5 Å². The molecule has 0 spiro atoms. The number of hydrogen-bond donors (Lipinski definition) is 0. The second kappa shape index (κ2) is 15.2. The molecule has 3 nitrogen and oxygen atoms in total. The fourth-order valence-corrected chi connectivity index (χ4v) is 4.80. The quantitative estimate of drug-likeness (QED) is 0.245. The molecule has 0 aliphatic carbocycles. The van der Waals surface area contributed by atoms with E-state index in [-0.39, 0.29) is 5.57 Å². The van der Waals surface area contributed by atoms with Crippen molar-refractivity contribution in [2.24, 2.45) is 0 Å². The first kappa shape index (κ1) is 29.2. The molecule has 3 heteroatoms. The molecule has 3 rings (SSSR count). The monoisotopic (exact) mass is 513 g/mol. The van der Waals surface area contributed by atoms with Crippen molar-refractivity contribution in [2.45, 2.75) is 53.4 Å². The van der Waals surface area contributed by atoms with Crippen molar-refractivity contribution in [3.63, 3.8) is 0 Å². The Hall–Kier alpha value is -4.34. The van der Waals surface area contributed by atoms with Crippen LogP contribution in [0.25, 0.3) is 6.08 Å². The van der Waals surface area contributed by atoms with Gasteiger partial charge in [0, 0.05) is 18.8 Å². The summed E-state index contributed by atoms with van der Waals surface area (Å²) in [6.45, 7) is 10.6. The van der Waals surface area contributed by atoms with Crippen molar-refractivity contribution in [2.75, 3.05) is 18.0 Å². The van der Waals surface area contributed by atoms with Gasteiger partial charge < -0.3 is 4.90 Å². The average molecular weight is 514 g/mol. The Balaban J connectivity index is 1.52. The molecule has 0 aromatic heterocycles. The number of benzene rings is 1. The minimum Gasteiger partial charge on any atom is -0.371 e. The first-order chi connectivity index (χ1) is 18.9. The van der Waals surface area contributed by atoms with Crippen LogP contribution in [0.5, 0.6) is 0 Å². The molecule has 0 bridgehead atoms. The summed E-state index contributed by atoms with van der Waals surface area (Å²) in [5, 5.41) is 17.6. The summed E-state index contributed by atoms with van der Waals surface area (Å²) >= 11 is 0. The topological polar surface area (TPSA) is 50.8 Å². The lowest BCUT2D eigenvalue weighted by Gasteiger charge is -2.37. The Labute approximate surface area is 235 Å². The van der Waals surface area contributed by atoms with Crippen LogP contribution >= 0.6 is 0 Å². The summed E-state index contributed by atoms with van der Waals surface area (Å²) in [6, 6.07) is 8.51. The summed E-state index contributed by atoms with van der Waals surface area (Å²) < 4.78 is 0. The van der Waals surface area contributed by atoms with E-state index >= 15 is 0 Å². The fourth-order valence-electron chi connectivity index (χ4n) is 4.80. The second-order valence-corrected chi connectivity index (χ2v) is 10.2. The minimum absolute atomic E-state index is 0.108.